The fourth-order valence-electron chi connectivity index (χ4n) is 1.97. The van der Waals surface area contributed by atoms with Gasteiger partial charge in [-0.15, -0.1) is 0 Å². The van der Waals surface area contributed by atoms with Gasteiger partial charge in [0, 0.05) is 25.8 Å². The molecule has 0 radical (unpaired) electrons. The molecule has 0 fully saturated rings. The minimum atomic E-state index is 0.418. The lowest BCUT2D eigenvalue weighted by Gasteiger charge is -2.33. The summed E-state index contributed by atoms with van der Waals surface area (Å²) in [6, 6.07) is 0.573. The van der Waals surface area contributed by atoms with Gasteiger partial charge in [0.05, 0.1) is 0 Å². The second kappa shape index (κ2) is 8.93. The van der Waals surface area contributed by atoms with Crippen LogP contribution in [0.4, 0.5) is 0 Å². The van der Waals surface area contributed by atoms with E-state index >= 15 is 0 Å². The van der Waals surface area contributed by atoms with Crippen molar-refractivity contribution in [1.29, 1.82) is 0 Å². The fraction of sp³-hybridized carbons (Fsp3) is 1.00. The predicted molar refractivity (Wildman–Crippen MR) is 76.4 cm³/mol. The SMILES string of the molecule is CCC(CC)(CCOCC(C)C)CNC(C)C. The third-order valence-corrected chi connectivity index (χ3v) is 3.61. The van der Waals surface area contributed by atoms with Crippen LogP contribution in [-0.2, 0) is 4.74 Å². The molecule has 0 unspecified atom stereocenters. The van der Waals surface area contributed by atoms with E-state index in [4.69, 9.17) is 4.74 Å². The van der Waals surface area contributed by atoms with Crippen molar-refractivity contribution in [2.45, 2.75) is 66.8 Å². The molecule has 2 heteroatoms. The smallest absolute Gasteiger partial charge is 0.0488 e. The molecule has 0 rings (SSSR count). The fourth-order valence-corrected chi connectivity index (χ4v) is 1.97. The first kappa shape index (κ1) is 16.9. The molecule has 0 saturated carbocycles. The summed E-state index contributed by atoms with van der Waals surface area (Å²) >= 11 is 0. The van der Waals surface area contributed by atoms with Crippen LogP contribution in [0.5, 0.6) is 0 Å². The quantitative estimate of drug-likeness (QED) is 0.588. The van der Waals surface area contributed by atoms with E-state index in [0.29, 0.717) is 17.4 Å². The highest BCUT2D eigenvalue weighted by atomic mass is 16.5. The van der Waals surface area contributed by atoms with Gasteiger partial charge in [0.25, 0.3) is 0 Å². The van der Waals surface area contributed by atoms with Gasteiger partial charge in [-0.2, -0.15) is 0 Å². The van der Waals surface area contributed by atoms with Crippen LogP contribution in [0, 0.1) is 11.3 Å². The zero-order chi connectivity index (χ0) is 13.3. The first-order valence-corrected chi connectivity index (χ1v) is 7.27. The summed E-state index contributed by atoms with van der Waals surface area (Å²) in [4.78, 5) is 0. The Kier molecular flexibility index (Phi) is 8.89. The highest BCUT2D eigenvalue weighted by Crippen LogP contribution is 2.30. The summed E-state index contributed by atoms with van der Waals surface area (Å²) in [5, 5.41) is 3.58. The molecule has 0 amide bonds. The molecular weight excluding hydrogens is 210 g/mol. The minimum Gasteiger partial charge on any atom is -0.381 e. The Labute approximate surface area is 109 Å². The molecule has 104 valence electrons. The van der Waals surface area contributed by atoms with Gasteiger partial charge in [0.15, 0.2) is 0 Å². The van der Waals surface area contributed by atoms with Crippen LogP contribution in [0.1, 0.15) is 60.8 Å². The van der Waals surface area contributed by atoms with Crippen molar-refractivity contribution >= 4 is 0 Å². The zero-order valence-electron chi connectivity index (χ0n) is 12.8. The maximum absolute atomic E-state index is 5.73. The summed E-state index contributed by atoms with van der Waals surface area (Å²) in [6.45, 7) is 16.3. The molecule has 0 saturated heterocycles. The Balaban J connectivity index is 4.02. The third kappa shape index (κ3) is 7.77. The highest BCUT2D eigenvalue weighted by Gasteiger charge is 2.25. The summed E-state index contributed by atoms with van der Waals surface area (Å²) in [5.74, 6) is 0.640. The molecule has 17 heavy (non-hydrogen) atoms. The molecule has 0 atom stereocenters. The Hall–Kier alpha value is -0.0800. The Morgan fingerprint density at radius 1 is 1.06 bits per heavy atom. The van der Waals surface area contributed by atoms with Crippen LogP contribution in [0.2, 0.25) is 0 Å². The monoisotopic (exact) mass is 243 g/mol. The average molecular weight is 243 g/mol. The molecule has 0 spiro atoms. The van der Waals surface area contributed by atoms with Gasteiger partial charge in [-0.1, -0.05) is 41.5 Å². The molecule has 1 N–H and O–H groups in total. The van der Waals surface area contributed by atoms with Crippen molar-refractivity contribution in [3.8, 4) is 0 Å². The van der Waals surface area contributed by atoms with Crippen molar-refractivity contribution < 1.29 is 4.74 Å². The maximum atomic E-state index is 5.73. The van der Waals surface area contributed by atoms with Gasteiger partial charge < -0.3 is 10.1 Å². The van der Waals surface area contributed by atoms with Crippen LogP contribution in [0.15, 0.2) is 0 Å². The summed E-state index contributed by atoms with van der Waals surface area (Å²) < 4.78 is 5.73. The molecular formula is C15H33NO. The predicted octanol–water partition coefficient (Wildman–Crippen LogP) is 3.85. The Bertz CT molecular complexity index is 174. The maximum Gasteiger partial charge on any atom is 0.0488 e. The van der Waals surface area contributed by atoms with E-state index in [1.54, 1.807) is 0 Å². The van der Waals surface area contributed by atoms with Gasteiger partial charge in [-0.25, -0.2) is 0 Å². The summed E-state index contributed by atoms with van der Waals surface area (Å²) in [5.41, 5.74) is 0.418. The van der Waals surface area contributed by atoms with E-state index in [1.165, 1.54) is 19.3 Å². The van der Waals surface area contributed by atoms with Crippen LogP contribution < -0.4 is 5.32 Å². The highest BCUT2D eigenvalue weighted by molar-refractivity contribution is 4.79. The Morgan fingerprint density at radius 2 is 1.65 bits per heavy atom. The van der Waals surface area contributed by atoms with E-state index in [1.807, 2.05) is 0 Å². The first-order valence-electron chi connectivity index (χ1n) is 7.27. The molecule has 0 bridgehead atoms. The van der Waals surface area contributed by atoms with Gasteiger partial charge in [-0.3, -0.25) is 0 Å². The van der Waals surface area contributed by atoms with E-state index in [9.17, 15) is 0 Å². The Morgan fingerprint density at radius 3 is 2.06 bits per heavy atom. The largest absolute Gasteiger partial charge is 0.381 e. The molecule has 0 aliphatic carbocycles. The minimum absolute atomic E-state index is 0.418. The zero-order valence-corrected chi connectivity index (χ0v) is 12.8. The molecule has 0 aromatic carbocycles. The van der Waals surface area contributed by atoms with Gasteiger partial charge in [-0.05, 0) is 30.6 Å². The second-order valence-corrected chi connectivity index (χ2v) is 5.96. The lowest BCUT2D eigenvalue weighted by Crippen LogP contribution is -2.37. The number of nitrogens with one attached hydrogen (secondary N) is 1. The average Bonchev–Trinajstić information content (AvgIpc) is 2.28. The van der Waals surface area contributed by atoms with E-state index in [0.717, 1.165) is 19.8 Å². The molecule has 0 aromatic heterocycles. The van der Waals surface area contributed by atoms with Crippen molar-refractivity contribution in [3.05, 3.63) is 0 Å². The number of rotatable bonds is 10. The molecule has 2 nitrogen and oxygen atoms in total. The molecule has 0 aliphatic heterocycles. The second-order valence-electron chi connectivity index (χ2n) is 5.96. The van der Waals surface area contributed by atoms with E-state index < -0.39 is 0 Å². The van der Waals surface area contributed by atoms with E-state index in [-0.39, 0.29) is 0 Å². The van der Waals surface area contributed by atoms with Gasteiger partial charge >= 0.3 is 0 Å². The topological polar surface area (TPSA) is 21.3 Å². The van der Waals surface area contributed by atoms with E-state index in [2.05, 4.69) is 46.9 Å². The van der Waals surface area contributed by atoms with Crippen molar-refractivity contribution in [2.24, 2.45) is 11.3 Å². The van der Waals surface area contributed by atoms with Crippen LogP contribution >= 0.6 is 0 Å². The van der Waals surface area contributed by atoms with Crippen LogP contribution in [0.3, 0.4) is 0 Å². The number of hydrogen-bond donors (Lipinski definition) is 1. The lowest BCUT2D eigenvalue weighted by molar-refractivity contribution is 0.0714. The molecule has 0 heterocycles. The molecule has 0 aliphatic rings. The third-order valence-electron chi connectivity index (χ3n) is 3.61. The lowest BCUT2D eigenvalue weighted by atomic mass is 9.79. The first-order chi connectivity index (χ1) is 7.95. The van der Waals surface area contributed by atoms with Gasteiger partial charge in [0.1, 0.15) is 0 Å². The van der Waals surface area contributed by atoms with Crippen molar-refractivity contribution in [1.82, 2.24) is 5.32 Å². The normalized spacial score (nSPS) is 12.7. The van der Waals surface area contributed by atoms with Crippen LogP contribution in [0.25, 0.3) is 0 Å². The standard InChI is InChI=1S/C15H33NO/c1-7-15(8-2,12-16-14(5)6)9-10-17-11-13(3)4/h13-14,16H,7-12H2,1-6H3. The number of ether oxygens (including phenoxy) is 1. The summed E-state index contributed by atoms with van der Waals surface area (Å²) in [6.07, 6.45) is 3.63. The number of hydrogen-bond acceptors (Lipinski definition) is 2. The van der Waals surface area contributed by atoms with Crippen molar-refractivity contribution in [3.63, 3.8) is 0 Å². The van der Waals surface area contributed by atoms with Crippen molar-refractivity contribution in [2.75, 3.05) is 19.8 Å². The van der Waals surface area contributed by atoms with Gasteiger partial charge in [0.2, 0.25) is 0 Å². The van der Waals surface area contributed by atoms with Crippen LogP contribution in [-0.4, -0.2) is 25.8 Å². The molecule has 0 aromatic rings. The summed E-state index contributed by atoms with van der Waals surface area (Å²) in [7, 11) is 0.